The van der Waals surface area contributed by atoms with Gasteiger partial charge in [-0.15, -0.1) is 11.3 Å². The molecule has 0 bridgehead atoms. The monoisotopic (exact) mass is 402 g/mol. The van der Waals surface area contributed by atoms with Crippen LogP contribution in [0.2, 0.25) is 0 Å². The Labute approximate surface area is 174 Å². The Morgan fingerprint density at radius 1 is 1.24 bits per heavy atom. The number of hydrogen-bond donors (Lipinski definition) is 0. The highest BCUT2D eigenvalue weighted by atomic mass is 32.1. The van der Waals surface area contributed by atoms with Crippen LogP contribution in [-0.4, -0.2) is 28.2 Å². The largest absolute Gasteiger partial charge is 0.351 e. The third-order valence-corrected chi connectivity index (χ3v) is 7.18. The summed E-state index contributed by atoms with van der Waals surface area (Å²) in [7, 11) is 0. The maximum Gasteiger partial charge on any atom is 0.195 e. The molecule has 3 aromatic rings. The molecule has 146 valence electrons. The van der Waals surface area contributed by atoms with Crippen molar-refractivity contribution in [2.24, 2.45) is 5.41 Å². The molecule has 0 radical (unpaired) electrons. The fourth-order valence-electron chi connectivity index (χ4n) is 4.92. The topological polar surface area (TPSA) is 61.9 Å². The molecule has 1 saturated heterocycles. The number of aryl methyl sites for hydroxylation is 1. The standard InChI is InChI=1S/C23H22N4OS/c1-16-18-14-23(15-24,21(28)19-10-7-13-29-19)20-11-5-6-12-26(20)22(18)27(25-16)17-8-3-2-4-9-17/h2-4,7-10,13,20H,5-6,11-12,14H2,1H3/t20-,23+/m1/s1. The molecule has 0 spiro atoms. The minimum atomic E-state index is -1.06. The highest BCUT2D eigenvalue weighted by molar-refractivity contribution is 7.12. The van der Waals surface area contributed by atoms with Crippen molar-refractivity contribution < 1.29 is 4.79 Å². The van der Waals surface area contributed by atoms with Crippen molar-refractivity contribution in [3.05, 3.63) is 64.0 Å². The Hall–Kier alpha value is -2.91. The van der Waals surface area contributed by atoms with E-state index in [9.17, 15) is 10.1 Å². The van der Waals surface area contributed by atoms with E-state index in [0.29, 0.717) is 11.3 Å². The smallest absolute Gasteiger partial charge is 0.195 e. The maximum atomic E-state index is 13.6. The first-order valence-electron chi connectivity index (χ1n) is 10.1. The molecule has 2 aromatic heterocycles. The molecule has 6 heteroatoms. The molecule has 1 aromatic carbocycles. The molecule has 0 unspecified atom stereocenters. The second-order valence-electron chi connectivity index (χ2n) is 7.91. The lowest BCUT2D eigenvalue weighted by Gasteiger charge is -2.48. The number of piperidine rings is 1. The van der Waals surface area contributed by atoms with E-state index < -0.39 is 5.41 Å². The molecule has 0 saturated carbocycles. The van der Waals surface area contributed by atoms with E-state index in [1.54, 1.807) is 0 Å². The number of thiophene rings is 1. The SMILES string of the molecule is Cc1nn(-c2ccccc2)c2c1C[C@@](C#N)(C(=O)c1cccs1)[C@H]1CCCCN21. The molecule has 2 atom stereocenters. The normalized spacial score (nSPS) is 23.2. The van der Waals surface area contributed by atoms with Crippen LogP contribution in [0.4, 0.5) is 5.82 Å². The predicted octanol–water partition coefficient (Wildman–Crippen LogP) is 4.55. The summed E-state index contributed by atoms with van der Waals surface area (Å²) in [5.41, 5.74) is 1.87. The number of hydrogen-bond acceptors (Lipinski definition) is 5. The third kappa shape index (κ3) is 2.65. The van der Waals surface area contributed by atoms with Crippen LogP contribution in [0.25, 0.3) is 5.69 Å². The van der Waals surface area contributed by atoms with Gasteiger partial charge in [0.15, 0.2) is 5.78 Å². The van der Waals surface area contributed by atoms with Gasteiger partial charge in [0.2, 0.25) is 0 Å². The van der Waals surface area contributed by atoms with Crippen molar-refractivity contribution in [3.8, 4) is 11.8 Å². The van der Waals surface area contributed by atoms with Crippen molar-refractivity contribution in [3.63, 3.8) is 0 Å². The van der Waals surface area contributed by atoms with E-state index in [4.69, 9.17) is 5.10 Å². The third-order valence-electron chi connectivity index (χ3n) is 6.31. The number of carbonyl (C=O) groups is 1. The van der Waals surface area contributed by atoms with Gasteiger partial charge in [-0.1, -0.05) is 24.3 Å². The lowest BCUT2D eigenvalue weighted by atomic mass is 9.67. The van der Waals surface area contributed by atoms with E-state index in [-0.39, 0.29) is 11.8 Å². The van der Waals surface area contributed by atoms with Gasteiger partial charge in [-0.2, -0.15) is 10.4 Å². The van der Waals surface area contributed by atoms with Gasteiger partial charge in [-0.05, 0) is 49.8 Å². The molecule has 29 heavy (non-hydrogen) atoms. The molecule has 5 rings (SSSR count). The number of fused-ring (bicyclic) bond motifs is 3. The molecule has 5 nitrogen and oxygen atoms in total. The summed E-state index contributed by atoms with van der Waals surface area (Å²) in [5.74, 6) is 1.02. The van der Waals surface area contributed by atoms with Crippen molar-refractivity contribution in [1.29, 1.82) is 5.26 Å². The first kappa shape index (κ1) is 18.1. The summed E-state index contributed by atoms with van der Waals surface area (Å²) in [5, 5.41) is 17.1. The highest BCUT2D eigenvalue weighted by Crippen LogP contribution is 2.48. The van der Waals surface area contributed by atoms with E-state index in [0.717, 1.165) is 48.6 Å². The van der Waals surface area contributed by atoms with Gasteiger partial charge in [-0.25, -0.2) is 4.68 Å². The number of nitriles is 1. The molecule has 0 N–H and O–H groups in total. The number of aromatic nitrogens is 2. The minimum Gasteiger partial charge on any atom is -0.351 e. The lowest BCUT2D eigenvalue weighted by molar-refractivity contribution is 0.0803. The van der Waals surface area contributed by atoms with Gasteiger partial charge in [0.05, 0.1) is 28.4 Å². The van der Waals surface area contributed by atoms with Crippen LogP contribution >= 0.6 is 11.3 Å². The van der Waals surface area contributed by atoms with Crippen LogP contribution in [0.1, 0.15) is 40.2 Å². The summed E-state index contributed by atoms with van der Waals surface area (Å²) in [4.78, 5) is 16.6. The van der Waals surface area contributed by atoms with E-state index in [1.165, 1.54) is 11.3 Å². The predicted molar refractivity (Wildman–Crippen MR) is 114 cm³/mol. The molecule has 0 aliphatic carbocycles. The Morgan fingerprint density at radius 3 is 2.79 bits per heavy atom. The van der Waals surface area contributed by atoms with Crippen molar-refractivity contribution in [2.75, 3.05) is 11.4 Å². The van der Waals surface area contributed by atoms with E-state index in [1.807, 2.05) is 47.3 Å². The van der Waals surface area contributed by atoms with Crippen LogP contribution in [0.15, 0.2) is 47.8 Å². The Kier molecular flexibility index (Phi) is 4.29. The second kappa shape index (κ2) is 6.85. The number of nitrogens with zero attached hydrogens (tertiary/aromatic N) is 4. The van der Waals surface area contributed by atoms with Gasteiger partial charge in [0, 0.05) is 18.5 Å². The van der Waals surface area contributed by atoms with Crippen LogP contribution in [0, 0.1) is 23.7 Å². The van der Waals surface area contributed by atoms with E-state index in [2.05, 4.69) is 23.1 Å². The number of Topliss-reactive ketones (excluding diaryl/α,β-unsaturated/α-hetero) is 1. The molecule has 4 heterocycles. The maximum absolute atomic E-state index is 13.6. The summed E-state index contributed by atoms with van der Waals surface area (Å²) in [6.45, 7) is 2.83. The van der Waals surface area contributed by atoms with Gasteiger partial charge in [-0.3, -0.25) is 4.79 Å². The zero-order valence-corrected chi connectivity index (χ0v) is 17.2. The second-order valence-corrected chi connectivity index (χ2v) is 8.85. The fraction of sp³-hybridized carbons (Fsp3) is 0.348. The molecular formula is C23H22N4OS. The van der Waals surface area contributed by atoms with Gasteiger partial charge in [0.1, 0.15) is 11.2 Å². The number of rotatable bonds is 3. The zero-order valence-electron chi connectivity index (χ0n) is 16.3. The number of ketones is 1. The Balaban J connectivity index is 1.70. The Bertz CT molecular complexity index is 1100. The minimum absolute atomic E-state index is 0.0376. The van der Waals surface area contributed by atoms with Gasteiger partial charge in [0.25, 0.3) is 0 Å². The van der Waals surface area contributed by atoms with Gasteiger partial charge < -0.3 is 4.90 Å². The molecular weight excluding hydrogens is 380 g/mol. The fourth-order valence-corrected chi connectivity index (χ4v) is 5.67. The van der Waals surface area contributed by atoms with Gasteiger partial charge >= 0.3 is 0 Å². The molecule has 2 aliphatic rings. The molecule has 1 fully saturated rings. The summed E-state index contributed by atoms with van der Waals surface area (Å²) < 4.78 is 2.00. The number of carbonyl (C=O) groups excluding carboxylic acids is 1. The van der Waals surface area contributed by atoms with Crippen molar-refractivity contribution in [1.82, 2.24) is 9.78 Å². The summed E-state index contributed by atoms with van der Waals surface area (Å²) in [6.07, 6.45) is 3.37. The number of para-hydroxylation sites is 1. The van der Waals surface area contributed by atoms with Crippen LogP contribution in [0.5, 0.6) is 0 Å². The quantitative estimate of drug-likeness (QED) is 0.603. The average molecular weight is 403 g/mol. The number of anilines is 1. The lowest BCUT2D eigenvalue weighted by Crippen LogP contribution is -2.58. The van der Waals surface area contributed by atoms with Crippen LogP contribution < -0.4 is 4.90 Å². The van der Waals surface area contributed by atoms with Crippen molar-refractivity contribution >= 4 is 22.9 Å². The van der Waals surface area contributed by atoms with Crippen LogP contribution in [-0.2, 0) is 6.42 Å². The average Bonchev–Trinajstić information content (AvgIpc) is 3.42. The Morgan fingerprint density at radius 2 is 2.07 bits per heavy atom. The summed E-state index contributed by atoms with van der Waals surface area (Å²) in [6, 6.07) is 16.2. The zero-order chi connectivity index (χ0) is 20.0. The number of benzene rings is 1. The molecule has 2 aliphatic heterocycles. The van der Waals surface area contributed by atoms with Crippen molar-refractivity contribution in [2.45, 2.75) is 38.6 Å². The highest BCUT2D eigenvalue weighted by Gasteiger charge is 2.55. The summed E-state index contributed by atoms with van der Waals surface area (Å²) >= 11 is 1.43. The first-order valence-corrected chi connectivity index (χ1v) is 10.9. The molecule has 0 amide bonds. The first-order chi connectivity index (χ1) is 14.2. The van der Waals surface area contributed by atoms with E-state index >= 15 is 0 Å². The van der Waals surface area contributed by atoms with Crippen LogP contribution in [0.3, 0.4) is 0 Å².